The Morgan fingerprint density at radius 2 is 2.04 bits per heavy atom. The molecule has 7 heteroatoms. The molecule has 0 radical (unpaired) electrons. The van der Waals surface area contributed by atoms with E-state index in [0.717, 1.165) is 44.4 Å². The van der Waals surface area contributed by atoms with Crippen LogP contribution < -0.4 is 0 Å². The van der Waals surface area contributed by atoms with Gasteiger partial charge in [0.25, 0.3) is 0 Å². The Labute approximate surface area is 138 Å². The zero-order chi connectivity index (χ0) is 16.6. The monoisotopic (exact) mass is 341 g/mol. The van der Waals surface area contributed by atoms with Crippen molar-refractivity contribution >= 4 is 10.0 Å². The Morgan fingerprint density at radius 3 is 2.61 bits per heavy atom. The van der Waals surface area contributed by atoms with Crippen molar-refractivity contribution in [1.82, 2.24) is 14.1 Å². The summed E-state index contributed by atoms with van der Waals surface area (Å²) >= 11 is 0. The van der Waals surface area contributed by atoms with Crippen LogP contribution in [0.2, 0.25) is 0 Å². The first-order valence-electron chi connectivity index (χ1n) is 8.62. The minimum atomic E-state index is -3.45. The first-order valence-corrected chi connectivity index (χ1v) is 10.1. The highest BCUT2D eigenvalue weighted by Gasteiger charge is 2.39. The number of ether oxygens (including phenoxy) is 1. The summed E-state index contributed by atoms with van der Waals surface area (Å²) in [5.74, 6) is 0. The van der Waals surface area contributed by atoms with Crippen molar-refractivity contribution in [1.29, 1.82) is 0 Å². The molecule has 0 N–H and O–H groups in total. The number of sulfonamides is 1. The molecule has 0 amide bonds. The van der Waals surface area contributed by atoms with Crippen molar-refractivity contribution in [2.45, 2.75) is 76.5 Å². The number of nitrogens with zero attached hydrogens (tertiary/aromatic N) is 3. The largest absolute Gasteiger partial charge is 0.378 e. The summed E-state index contributed by atoms with van der Waals surface area (Å²) in [6, 6.07) is 0.180. The smallest absolute Gasteiger partial charge is 0.246 e. The molecule has 1 saturated carbocycles. The molecule has 1 saturated heterocycles. The average molecular weight is 341 g/mol. The molecule has 130 valence electrons. The Bertz CT molecular complexity index is 658. The predicted molar refractivity (Wildman–Crippen MR) is 87.9 cm³/mol. The lowest BCUT2D eigenvalue weighted by molar-refractivity contribution is 0.0992. The van der Waals surface area contributed by atoms with E-state index in [1.807, 2.05) is 18.5 Å². The number of rotatable bonds is 7. The molecule has 0 unspecified atom stereocenters. The molecule has 3 rings (SSSR count). The van der Waals surface area contributed by atoms with Gasteiger partial charge >= 0.3 is 0 Å². The van der Waals surface area contributed by atoms with Crippen LogP contribution in [-0.2, 0) is 21.3 Å². The summed E-state index contributed by atoms with van der Waals surface area (Å²) in [6.07, 6.45) is 5.33. The molecule has 1 aliphatic carbocycles. The first-order chi connectivity index (χ1) is 10.9. The summed E-state index contributed by atoms with van der Waals surface area (Å²) < 4.78 is 35.1. The van der Waals surface area contributed by atoms with Gasteiger partial charge < -0.3 is 4.74 Å². The van der Waals surface area contributed by atoms with Crippen molar-refractivity contribution < 1.29 is 13.2 Å². The standard InChI is InChI=1S/C16H27N3O3S/c1-4-19(14-7-8-14)23(20,21)16-12(2)17-18(13(16)3)10-9-15-6-5-11-22-15/h14-15H,4-11H2,1-3H3/t15-/m0/s1. The van der Waals surface area contributed by atoms with Crippen LogP contribution in [0.3, 0.4) is 0 Å². The summed E-state index contributed by atoms with van der Waals surface area (Å²) in [4.78, 5) is 0.401. The fourth-order valence-corrected chi connectivity index (χ4v) is 5.58. The maximum atomic E-state index is 13.0. The van der Waals surface area contributed by atoms with Crippen molar-refractivity contribution in [3.8, 4) is 0 Å². The Hall–Kier alpha value is -0.920. The van der Waals surface area contributed by atoms with Crippen LogP contribution in [0.5, 0.6) is 0 Å². The van der Waals surface area contributed by atoms with Crippen LogP contribution >= 0.6 is 0 Å². The fourth-order valence-electron chi connectivity index (χ4n) is 3.51. The van der Waals surface area contributed by atoms with Crippen LogP contribution in [-0.4, -0.2) is 47.8 Å². The van der Waals surface area contributed by atoms with Crippen LogP contribution in [0, 0.1) is 13.8 Å². The zero-order valence-corrected chi connectivity index (χ0v) is 15.1. The molecule has 1 atom stereocenters. The van der Waals surface area contributed by atoms with Gasteiger partial charge in [0.15, 0.2) is 0 Å². The van der Waals surface area contributed by atoms with Gasteiger partial charge in [0, 0.05) is 25.7 Å². The minimum Gasteiger partial charge on any atom is -0.378 e. The number of aromatic nitrogens is 2. The zero-order valence-electron chi connectivity index (χ0n) is 14.3. The van der Waals surface area contributed by atoms with E-state index in [0.29, 0.717) is 23.7 Å². The SMILES string of the molecule is CCN(C1CC1)S(=O)(=O)c1c(C)nn(CC[C@@H]2CCCO2)c1C. The predicted octanol–water partition coefficient (Wildman–Crippen LogP) is 2.24. The quantitative estimate of drug-likeness (QED) is 0.763. The van der Waals surface area contributed by atoms with Gasteiger partial charge in [0.1, 0.15) is 4.90 Å². The Balaban J connectivity index is 1.81. The van der Waals surface area contributed by atoms with Gasteiger partial charge in [-0.05, 0) is 46.0 Å². The van der Waals surface area contributed by atoms with E-state index >= 15 is 0 Å². The number of hydrogen-bond acceptors (Lipinski definition) is 4. The summed E-state index contributed by atoms with van der Waals surface area (Å²) in [5, 5.41) is 4.49. The fraction of sp³-hybridized carbons (Fsp3) is 0.812. The summed E-state index contributed by atoms with van der Waals surface area (Å²) in [6.45, 7) is 7.64. The van der Waals surface area contributed by atoms with E-state index in [1.54, 1.807) is 11.2 Å². The molecule has 0 aromatic carbocycles. The third-order valence-corrected chi connectivity index (χ3v) is 7.11. The highest BCUT2D eigenvalue weighted by atomic mass is 32.2. The summed E-state index contributed by atoms with van der Waals surface area (Å²) in [5.41, 5.74) is 1.36. The van der Waals surface area contributed by atoms with Gasteiger partial charge in [-0.2, -0.15) is 9.40 Å². The van der Waals surface area contributed by atoms with Crippen LogP contribution in [0.1, 0.15) is 50.4 Å². The van der Waals surface area contributed by atoms with E-state index in [9.17, 15) is 8.42 Å². The van der Waals surface area contributed by atoms with Gasteiger partial charge in [0.2, 0.25) is 10.0 Å². The highest BCUT2D eigenvalue weighted by molar-refractivity contribution is 7.89. The molecule has 0 spiro atoms. The number of aryl methyl sites for hydroxylation is 2. The van der Waals surface area contributed by atoms with Gasteiger partial charge in [0.05, 0.1) is 17.5 Å². The second-order valence-electron chi connectivity index (χ2n) is 6.59. The second kappa shape index (κ2) is 6.53. The van der Waals surface area contributed by atoms with Gasteiger partial charge in [-0.3, -0.25) is 4.68 Å². The molecule has 1 aliphatic heterocycles. The molecule has 23 heavy (non-hydrogen) atoms. The van der Waals surface area contributed by atoms with E-state index in [1.165, 1.54) is 0 Å². The summed E-state index contributed by atoms with van der Waals surface area (Å²) in [7, 11) is -3.45. The van der Waals surface area contributed by atoms with Crippen LogP contribution in [0.15, 0.2) is 4.90 Å². The molecule has 1 aromatic rings. The molecule has 0 bridgehead atoms. The lowest BCUT2D eigenvalue weighted by Crippen LogP contribution is -2.33. The van der Waals surface area contributed by atoms with E-state index in [-0.39, 0.29) is 12.1 Å². The third-order valence-electron chi connectivity index (χ3n) is 4.83. The van der Waals surface area contributed by atoms with Crippen molar-refractivity contribution in [2.24, 2.45) is 0 Å². The average Bonchev–Trinajstić information content (AvgIpc) is 3.08. The molecule has 2 heterocycles. The van der Waals surface area contributed by atoms with Gasteiger partial charge in [-0.15, -0.1) is 0 Å². The topological polar surface area (TPSA) is 64.4 Å². The second-order valence-corrected chi connectivity index (χ2v) is 8.41. The molecule has 2 aliphatic rings. The third kappa shape index (κ3) is 3.32. The Kier molecular flexibility index (Phi) is 4.80. The molecule has 2 fully saturated rings. The Morgan fingerprint density at radius 1 is 1.30 bits per heavy atom. The normalized spacial score (nSPS) is 22.2. The molecular weight excluding hydrogens is 314 g/mol. The molecule has 1 aromatic heterocycles. The maximum absolute atomic E-state index is 13.0. The van der Waals surface area contributed by atoms with Crippen molar-refractivity contribution in [2.75, 3.05) is 13.2 Å². The maximum Gasteiger partial charge on any atom is 0.246 e. The van der Waals surface area contributed by atoms with Gasteiger partial charge in [-0.25, -0.2) is 8.42 Å². The molecular formula is C16H27N3O3S. The van der Waals surface area contributed by atoms with Crippen molar-refractivity contribution in [3.05, 3.63) is 11.4 Å². The lowest BCUT2D eigenvalue weighted by atomic mass is 10.2. The first kappa shape index (κ1) is 16.9. The van der Waals surface area contributed by atoms with Crippen molar-refractivity contribution in [3.63, 3.8) is 0 Å². The van der Waals surface area contributed by atoms with E-state index in [4.69, 9.17) is 4.74 Å². The van der Waals surface area contributed by atoms with Crippen LogP contribution in [0.25, 0.3) is 0 Å². The van der Waals surface area contributed by atoms with E-state index in [2.05, 4.69) is 5.10 Å². The van der Waals surface area contributed by atoms with Crippen LogP contribution in [0.4, 0.5) is 0 Å². The lowest BCUT2D eigenvalue weighted by Gasteiger charge is -2.20. The van der Waals surface area contributed by atoms with Gasteiger partial charge in [-0.1, -0.05) is 6.92 Å². The van der Waals surface area contributed by atoms with E-state index < -0.39 is 10.0 Å². The highest BCUT2D eigenvalue weighted by Crippen LogP contribution is 2.33. The minimum absolute atomic E-state index is 0.180. The number of hydrogen-bond donors (Lipinski definition) is 0. The molecule has 6 nitrogen and oxygen atoms in total.